The summed E-state index contributed by atoms with van der Waals surface area (Å²) in [7, 11) is -2.80. The number of sulfone groups is 1. The Morgan fingerprint density at radius 1 is 1.20 bits per heavy atom. The van der Waals surface area contributed by atoms with E-state index in [1.165, 1.54) is 6.42 Å². The van der Waals surface area contributed by atoms with E-state index in [0.29, 0.717) is 11.5 Å². The predicted molar refractivity (Wildman–Crippen MR) is 59.4 cm³/mol. The lowest BCUT2D eigenvalue weighted by atomic mass is 9.66. The van der Waals surface area contributed by atoms with Gasteiger partial charge in [-0.05, 0) is 30.6 Å². The maximum absolute atomic E-state index is 11.5. The van der Waals surface area contributed by atoms with Crippen LogP contribution in [0.25, 0.3) is 0 Å². The molecule has 1 N–H and O–H groups in total. The summed E-state index contributed by atoms with van der Waals surface area (Å²) in [6.45, 7) is 0.174. The Balaban J connectivity index is 2.13. The second kappa shape index (κ2) is 4.06. The molecule has 2 aliphatic rings. The maximum atomic E-state index is 11.5. The van der Waals surface area contributed by atoms with Gasteiger partial charge in [-0.1, -0.05) is 19.3 Å². The van der Waals surface area contributed by atoms with Gasteiger partial charge in [0.05, 0.1) is 11.5 Å². The van der Waals surface area contributed by atoms with Crippen LogP contribution in [0, 0.1) is 11.3 Å². The number of hydrogen-bond acceptors (Lipinski definition) is 3. The van der Waals surface area contributed by atoms with Crippen LogP contribution in [0.2, 0.25) is 0 Å². The lowest BCUT2D eigenvalue weighted by molar-refractivity contribution is 0.0333. The monoisotopic (exact) mass is 232 g/mol. The van der Waals surface area contributed by atoms with Crippen molar-refractivity contribution in [2.24, 2.45) is 11.3 Å². The number of aliphatic hydroxyl groups excluding tert-OH is 1. The Morgan fingerprint density at radius 3 is 2.33 bits per heavy atom. The van der Waals surface area contributed by atoms with Gasteiger partial charge in [-0.15, -0.1) is 0 Å². The summed E-state index contributed by atoms with van der Waals surface area (Å²) < 4.78 is 22.9. The van der Waals surface area contributed by atoms with E-state index in [4.69, 9.17) is 0 Å². The lowest BCUT2D eigenvalue weighted by Crippen LogP contribution is -2.37. The van der Waals surface area contributed by atoms with Crippen molar-refractivity contribution in [2.45, 2.75) is 38.5 Å². The van der Waals surface area contributed by atoms with Crippen LogP contribution >= 0.6 is 0 Å². The first-order chi connectivity index (χ1) is 7.08. The van der Waals surface area contributed by atoms with Crippen molar-refractivity contribution in [3.05, 3.63) is 0 Å². The normalized spacial score (nSPS) is 34.1. The summed E-state index contributed by atoms with van der Waals surface area (Å²) in [4.78, 5) is 0. The first kappa shape index (κ1) is 11.4. The number of rotatable bonds is 2. The molecule has 88 valence electrons. The van der Waals surface area contributed by atoms with Crippen LogP contribution in [0.1, 0.15) is 38.5 Å². The summed E-state index contributed by atoms with van der Waals surface area (Å²) >= 11 is 0. The molecule has 0 amide bonds. The highest BCUT2D eigenvalue weighted by Crippen LogP contribution is 2.46. The first-order valence-corrected chi connectivity index (χ1v) is 7.71. The summed E-state index contributed by atoms with van der Waals surface area (Å²) in [5.41, 5.74) is -0.0676. The van der Waals surface area contributed by atoms with Crippen molar-refractivity contribution in [3.63, 3.8) is 0 Å². The zero-order chi connectivity index (χ0) is 10.9. The summed E-state index contributed by atoms with van der Waals surface area (Å²) in [6, 6.07) is 0. The molecular weight excluding hydrogens is 212 g/mol. The quantitative estimate of drug-likeness (QED) is 0.782. The van der Waals surface area contributed by atoms with E-state index >= 15 is 0 Å². The largest absolute Gasteiger partial charge is 0.396 e. The molecule has 2 rings (SSSR count). The summed E-state index contributed by atoms with van der Waals surface area (Å²) in [5, 5.41) is 9.58. The van der Waals surface area contributed by atoms with Gasteiger partial charge >= 0.3 is 0 Å². The van der Waals surface area contributed by atoms with E-state index in [-0.39, 0.29) is 17.9 Å². The molecule has 0 aromatic heterocycles. The Hall–Kier alpha value is -0.0900. The fourth-order valence-corrected chi connectivity index (χ4v) is 5.17. The average Bonchev–Trinajstić information content (AvgIpc) is 2.60. The van der Waals surface area contributed by atoms with Gasteiger partial charge in [-0.25, -0.2) is 8.42 Å². The van der Waals surface area contributed by atoms with Crippen LogP contribution in [-0.2, 0) is 9.84 Å². The van der Waals surface area contributed by atoms with E-state index in [0.717, 1.165) is 32.1 Å². The van der Waals surface area contributed by atoms with Gasteiger partial charge in [0.25, 0.3) is 0 Å². The molecule has 2 fully saturated rings. The topological polar surface area (TPSA) is 54.4 Å². The van der Waals surface area contributed by atoms with Crippen molar-refractivity contribution in [1.29, 1.82) is 0 Å². The van der Waals surface area contributed by atoms with Crippen LogP contribution in [-0.4, -0.2) is 31.6 Å². The first-order valence-electron chi connectivity index (χ1n) is 5.89. The van der Waals surface area contributed by atoms with Crippen LogP contribution in [0.15, 0.2) is 0 Å². The minimum atomic E-state index is -2.80. The van der Waals surface area contributed by atoms with Crippen molar-refractivity contribution >= 4 is 9.84 Å². The maximum Gasteiger partial charge on any atom is 0.150 e. The third-order valence-corrected chi connectivity index (χ3v) is 6.03. The molecule has 0 spiro atoms. The second-order valence-corrected chi connectivity index (χ2v) is 7.41. The van der Waals surface area contributed by atoms with Crippen LogP contribution in [0.5, 0.6) is 0 Å². The zero-order valence-corrected chi connectivity index (χ0v) is 9.93. The van der Waals surface area contributed by atoms with E-state index < -0.39 is 9.84 Å². The average molecular weight is 232 g/mol. The molecule has 0 bridgehead atoms. The number of hydrogen-bond donors (Lipinski definition) is 1. The standard InChI is InChI=1S/C11H20O3S/c12-9-11(5-2-1-3-6-11)10-4-7-15(13,14)8-10/h10,12H,1-9H2. The molecule has 0 aromatic carbocycles. The Labute approximate surface area is 91.8 Å². The Bertz CT molecular complexity index is 315. The van der Waals surface area contributed by atoms with Crippen LogP contribution < -0.4 is 0 Å². The SMILES string of the molecule is O=S1(=O)CCC(C2(CO)CCCCC2)C1. The van der Waals surface area contributed by atoms with Gasteiger partial charge in [0.2, 0.25) is 0 Å². The lowest BCUT2D eigenvalue weighted by Gasteiger charge is -2.40. The minimum Gasteiger partial charge on any atom is -0.396 e. The molecule has 1 saturated heterocycles. The summed E-state index contributed by atoms with van der Waals surface area (Å²) in [6.07, 6.45) is 6.34. The predicted octanol–water partition coefficient (Wildman–Crippen LogP) is 1.36. The third kappa shape index (κ3) is 2.21. The zero-order valence-electron chi connectivity index (χ0n) is 9.11. The number of aliphatic hydroxyl groups is 1. The molecule has 1 saturated carbocycles. The van der Waals surface area contributed by atoms with E-state index in [1.54, 1.807) is 0 Å². The molecule has 4 heteroatoms. The van der Waals surface area contributed by atoms with Crippen LogP contribution in [0.4, 0.5) is 0 Å². The fourth-order valence-electron chi connectivity index (χ4n) is 3.23. The van der Waals surface area contributed by atoms with Crippen molar-refractivity contribution in [1.82, 2.24) is 0 Å². The van der Waals surface area contributed by atoms with E-state index in [1.807, 2.05) is 0 Å². The summed E-state index contributed by atoms with van der Waals surface area (Å²) in [5.74, 6) is 0.861. The van der Waals surface area contributed by atoms with E-state index in [9.17, 15) is 13.5 Å². The minimum absolute atomic E-state index is 0.0676. The van der Waals surface area contributed by atoms with E-state index in [2.05, 4.69) is 0 Å². The highest BCUT2D eigenvalue weighted by atomic mass is 32.2. The van der Waals surface area contributed by atoms with Crippen LogP contribution in [0.3, 0.4) is 0 Å². The smallest absolute Gasteiger partial charge is 0.150 e. The molecule has 3 nitrogen and oxygen atoms in total. The molecule has 1 aliphatic heterocycles. The van der Waals surface area contributed by atoms with Gasteiger partial charge in [0, 0.05) is 6.61 Å². The molecule has 1 unspecified atom stereocenters. The fraction of sp³-hybridized carbons (Fsp3) is 1.00. The third-order valence-electron chi connectivity index (χ3n) is 4.26. The van der Waals surface area contributed by atoms with Crippen molar-refractivity contribution in [3.8, 4) is 0 Å². The van der Waals surface area contributed by atoms with Gasteiger partial charge in [-0.2, -0.15) is 0 Å². The van der Waals surface area contributed by atoms with Gasteiger partial charge in [0.15, 0.2) is 9.84 Å². The Morgan fingerprint density at radius 2 is 1.87 bits per heavy atom. The molecule has 0 aromatic rings. The molecule has 1 aliphatic carbocycles. The van der Waals surface area contributed by atoms with Gasteiger partial charge in [-0.3, -0.25) is 0 Å². The molecule has 15 heavy (non-hydrogen) atoms. The molecule has 0 radical (unpaired) electrons. The molecule has 1 heterocycles. The van der Waals surface area contributed by atoms with Gasteiger partial charge in [0.1, 0.15) is 0 Å². The highest BCUT2D eigenvalue weighted by molar-refractivity contribution is 7.91. The van der Waals surface area contributed by atoms with Crippen molar-refractivity contribution < 1.29 is 13.5 Å². The molecular formula is C11H20O3S. The van der Waals surface area contributed by atoms with Crippen molar-refractivity contribution in [2.75, 3.05) is 18.1 Å². The molecule has 1 atom stereocenters. The van der Waals surface area contributed by atoms with Gasteiger partial charge < -0.3 is 5.11 Å². The Kier molecular flexibility index (Phi) is 3.08. The second-order valence-electron chi connectivity index (χ2n) is 5.18. The highest BCUT2D eigenvalue weighted by Gasteiger charge is 2.44.